The van der Waals surface area contributed by atoms with Crippen LogP contribution in [0.4, 0.5) is 22.9 Å². The molecule has 0 amide bonds. The summed E-state index contributed by atoms with van der Waals surface area (Å²) < 4.78 is 0.567. The number of halogens is 1. The molecule has 1 N–H and O–H groups in total. The van der Waals surface area contributed by atoms with E-state index in [4.69, 9.17) is 0 Å². The van der Waals surface area contributed by atoms with Gasteiger partial charge in [0.05, 0.1) is 4.92 Å². The molecule has 0 saturated heterocycles. The van der Waals surface area contributed by atoms with E-state index in [2.05, 4.69) is 26.2 Å². The van der Waals surface area contributed by atoms with Crippen molar-refractivity contribution in [3.8, 4) is 0 Å². The molecule has 0 saturated carbocycles. The molecule has 6 nitrogen and oxygen atoms in total. The Kier molecular flexibility index (Phi) is 4.19. The van der Waals surface area contributed by atoms with E-state index in [1.165, 1.54) is 12.3 Å². The quantitative estimate of drug-likeness (QED) is 0.682. The van der Waals surface area contributed by atoms with Gasteiger partial charge < -0.3 is 10.2 Å². The van der Waals surface area contributed by atoms with E-state index in [-0.39, 0.29) is 11.5 Å². The van der Waals surface area contributed by atoms with Crippen LogP contribution in [-0.4, -0.2) is 24.0 Å². The minimum absolute atomic E-state index is 0.0731. The fourth-order valence-electron chi connectivity index (χ4n) is 1.64. The lowest BCUT2D eigenvalue weighted by atomic mass is 10.2. The minimum atomic E-state index is -0.464. The van der Waals surface area contributed by atoms with Crippen LogP contribution in [0.15, 0.2) is 41.0 Å². The van der Waals surface area contributed by atoms with E-state index < -0.39 is 4.92 Å². The van der Waals surface area contributed by atoms with Crippen molar-refractivity contribution in [3.05, 3.63) is 51.1 Å². The SMILES string of the molecule is CN(C)c1ccc(Nc2ncc(Br)cc2[N+](=O)[O-])cc1. The Morgan fingerprint density at radius 2 is 1.95 bits per heavy atom. The zero-order valence-corrected chi connectivity index (χ0v) is 12.6. The van der Waals surface area contributed by atoms with Gasteiger partial charge in [0.2, 0.25) is 5.82 Å². The maximum atomic E-state index is 11.0. The average Bonchev–Trinajstić information content (AvgIpc) is 2.41. The van der Waals surface area contributed by atoms with Gasteiger partial charge in [-0.1, -0.05) is 0 Å². The van der Waals surface area contributed by atoms with Gasteiger partial charge in [-0.25, -0.2) is 4.98 Å². The van der Waals surface area contributed by atoms with Crippen LogP contribution < -0.4 is 10.2 Å². The number of aromatic nitrogens is 1. The van der Waals surface area contributed by atoms with Crippen molar-refractivity contribution >= 4 is 38.8 Å². The van der Waals surface area contributed by atoms with E-state index in [0.29, 0.717) is 4.47 Å². The van der Waals surface area contributed by atoms with Crippen LogP contribution in [0.3, 0.4) is 0 Å². The van der Waals surface area contributed by atoms with Crippen molar-refractivity contribution in [2.24, 2.45) is 0 Å². The Balaban J connectivity index is 2.28. The second-order valence-corrected chi connectivity index (χ2v) is 5.26. The summed E-state index contributed by atoms with van der Waals surface area (Å²) in [5.74, 6) is 0.218. The maximum absolute atomic E-state index is 11.0. The Bertz CT molecular complexity index is 629. The van der Waals surface area contributed by atoms with Gasteiger partial charge in [0, 0.05) is 42.2 Å². The normalized spacial score (nSPS) is 10.2. The zero-order valence-electron chi connectivity index (χ0n) is 11.0. The number of pyridine rings is 1. The van der Waals surface area contributed by atoms with Crippen LogP contribution in [0.2, 0.25) is 0 Å². The smallest absolute Gasteiger partial charge is 0.312 e. The summed E-state index contributed by atoms with van der Waals surface area (Å²) in [5.41, 5.74) is 1.72. The molecule has 104 valence electrons. The molecule has 0 bridgehead atoms. The van der Waals surface area contributed by atoms with Crippen molar-refractivity contribution in [2.45, 2.75) is 0 Å². The molecule has 0 radical (unpaired) electrons. The van der Waals surface area contributed by atoms with Crippen LogP contribution in [0, 0.1) is 10.1 Å². The monoisotopic (exact) mass is 336 g/mol. The first kappa shape index (κ1) is 14.3. The standard InChI is InChI=1S/C13H13BrN4O2/c1-17(2)11-5-3-10(4-6-11)16-13-12(18(19)20)7-9(14)8-15-13/h3-8H,1-2H3,(H,15,16). The third kappa shape index (κ3) is 3.24. The number of rotatable bonds is 4. The van der Waals surface area contributed by atoms with E-state index in [0.717, 1.165) is 11.4 Å². The first-order valence-electron chi connectivity index (χ1n) is 5.81. The Labute approximate surface area is 124 Å². The number of nitrogens with one attached hydrogen (secondary N) is 1. The number of benzene rings is 1. The number of hydrogen-bond donors (Lipinski definition) is 1. The van der Waals surface area contributed by atoms with Crippen LogP contribution in [-0.2, 0) is 0 Å². The Morgan fingerprint density at radius 1 is 1.30 bits per heavy atom. The van der Waals surface area contributed by atoms with Gasteiger partial charge in [0.25, 0.3) is 0 Å². The highest BCUT2D eigenvalue weighted by atomic mass is 79.9. The van der Waals surface area contributed by atoms with Crippen molar-refractivity contribution in [2.75, 3.05) is 24.3 Å². The fraction of sp³-hybridized carbons (Fsp3) is 0.154. The van der Waals surface area contributed by atoms with E-state index in [9.17, 15) is 10.1 Å². The molecule has 1 aromatic heterocycles. The molecule has 20 heavy (non-hydrogen) atoms. The molecule has 0 aliphatic heterocycles. The van der Waals surface area contributed by atoms with E-state index in [1.807, 2.05) is 43.3 Å². The number of nitrogens with zero attached hydrogens (tertiary/aromatic N) is 3. The maximum Gasteiger partial charge on any atom is 0.312 e. The summed E-state index contributed by atoms with van der Waals surface area (Å²) in [6.45, 7) is 0. The van der Waals surface area contributed by atoms with Crippen LogP contribution in [0.5, 0.6) is 0 Å². The van der Waals surface area contributed by atoms with E-state index in [1.54, 1.807) is 0 Å². The van der Waals surface area contributed by atoms with Crippen molar-refractivity contribution in [1.29, 1.82) is 0 Å². The highest BCUT2D eigenvalue weighted by Crippen LogP contribution is 2.28. The minimum Gasteiger partial charge on any atom is -0.378 e. The lowest BCUT2D eigenvalue weighted by molar-refractivity contribution is -0.384. The molecular weight excluding hydrogens is 324 g/mol. The molecule has 0 fully saturated rings. The Morgan fingerprint density at radius 3 is 2.50 bits per heavy atom. The first-order valence-corrected chi connectivity index (χ1v) is 6.61. The second kappa shape index (κ2) is 5.87. The highest BCUT2D eigenvalue weighted by molar-refractivity contribution is 9.10. The third-order valence-corrected chi connectivity index (χ3v) is 3.11. The summed E-state index contributed by atoms with van der Waals surface area (Å²) in [7, 11) is 3.90. The molecule has 7 heteroatoms. The number of nitro groups is 1. The topological polar surface area (TPSA) is 71.3 Å². The van der Waals surface area contributed by atoms with Gasteiger partial charge in [-0.2, -0.15) is 0 Å². The Hall–Kier alpha value is -2.15. The van der Waals surface area contributed by atoms with Crippen molar-refractivity contribution in [3.63, 3.8) is 0 Å². The summed E-state index contributed by atoms with van der Waals surface area (Å²) in [6.07, 6.45) is 1.52. The highest BCUT2D eigenvalue weighted by Gasteiger charge is 2.15. The predicted molar refractivity (Wildman–Crippen MR) is 82.6 cm³/mol. The number of anilines is 3. The molecule has 1 heterocycles. The molecule has 2 aromatic rings. The molecule has 0 spiro atoms. The van der Waals surface area contributed by atoms with Crippen LogP contribution in [0.25, 0.3) is 0 Å². The summed E-state index contributed by atoms with van der Waals surface area (Å²) >= 11 is 3.18. The zero-order chi connectivity index (χ0) is 14.7. The molecule has 0 atom stereocenters. The summed E-state index contributed by atoms with van der Waals surface area (Å²) in [6, 6.07) is 8.97. The lowest BCUT2D eigenvalue weighted by Crippen LogP contribution is -2.08. The molecule has 2 rings (SSSR count). The van der Waals surface area contributed by atoms with Crippen molar-refractivity contribution < 1.29 is 4.92 Å². The van der Waals surface area contributed by atoms with Crippen LogP contribution in [0.1, 0.15) is 0 Å². The van der Waals surface area contributed by atoms with Gasteiger partial charge in [0.1, 0.15) is 0 Å². The molecular formula is C13H13BrN4O2. The van der Waals surface area contributed by atoms with Gasteiger partial charge in [-0.05, 0) is 40.2 Å². The first-order chi connectivity index (χ1) is 9.47. The lowest BCUT2D eigenvalue weighted by Gasteiger charge is -2.13. The second-order valence-electron chi connectivity index (χ2n) is 4.34. The molecule has 0 unspecified atom stereocenters. The summed E-state index contributed by atoms with van der Waals surface area (Å²) in [5, 5.41) is 14.0. The molecule has 0 aliphatic rings. The summed E-state index contributed by atoms with van der Waals surface area (Å²) in [4.78, 5) is 16.6. The van der Waals surface area contributed by atoms with Crippen molar-refractivity contribution in [1.82, 2.24) is 4.98 Å². The molecule has 0 aliphatic carbocycles. The van der Waals surface area contributed by atoms with Gasteiger partial charge in [-0.15, -0.1) is 0 Å². The number of hydrogen-bond acceptors (Lipinski definition) is 5. The van der Waals surface area contributed by atoms with Crippen LogP contribution >= 0.6 is 15.9 Å². The largest absolute Gasteiger partial charge is 0.378 e. The molecule has 1 aromatic carbocycles. The van der Waals surface area contributed by atoms with Gasteiger partial charge in [0.15, 0.2) is 0 Å². The van der Waals surface area contributed by atoms with Gasteiger partial charge >= 0.3 is 5.69 Å². The average molecular weight is 337 g/mol. The van der Waals surface area contributed by atoms with Gasteiger partial charge in [-0.3, -0.25) is 10.1 Å². The van der Waals surface area contributed by atoms with E-state index >= 15 is 0 Å². The predicted octanol–water partition coefficient (Wildman–Crippen LogP) is 3.56. The third-order valence-electron chi connectivity index (χ3n) is 2.68. The fourth-order valence-corrected chi connectivity index (χ4v) is 1.96.